The van der Waals surface area contributed by atoms with Crippen LogP contribution in [0.25, 0.3) is 28.1 Å². The molecule has 129 valence electrons. The van der Waals surface area contributed by atoms with Crippen molar-refractivity contribution < 1.29 is 13.2 Å². The molecule has 0 bridgehead atoms. The number of rotatable bonds is 2. The van der Waals surface area contributed by atoms with E-state index in [0.29, 0.717) is 5.69 Å². The molecular weight excluding hydrogens is 347 g/mol. The van der Waals surface area contributed by atoms with Crippen molar-refractivity contribution in [3.05, 3.63) is 70.9 Å². The molecule has 3 heterocycles. The van der Waals surface area contributed by atoms with Gasteiger partial charge >= 0.3 is 6.18 Å². The largest absolute Gasteiger partial charge is 0.433 e. The molecule has 0 unspecified atom stereocenters. The zero-order valence-corrected chi connectivity index (χ0v) is 12.9. The monoisotopic (exact) mass is 356 g/mol. The number of alkyl halides is 3. The molecule has 1 N–H and O–H groups in total. The van der Waals surface area contributed by atoms with Gasteiger partial charge in [0.1, 0.15) is 17.7 Å². The molecule has 1 aromatic carbocycles. The number of benzene rings is 1. The average Bonchev–Trinajstić information content (AvgIpc) is 3.15. The second-order valence-electron chi connectivity index (χ2n) is 5.38. The molecule has 0 aliphatic carbocycles. The fourth-order valence-corrected chi connectivity index (χ4v) is 2.58. The molecule has 1 radical (unpaired) electrons. The van der Waals surface area contributed by atoms with E-state index in [1.165, 1.54) is 12.4 Å². The summed E-state index contributed by atoms with van der Waals surface area (Å²) in [4.78, 5) is 19.3. The van der Waals surface area contributed by atoms with Crippen LogP contribution in [0, 0.1) is 6.07 Å². The summed E-state index contributed by atoms with van der Waals surface area (Å²) in [7, 11) is 0. The predicted octanol–water partition coefficient (Wildman–Crippen LogP) is 2.99. The first-order chi connectivity index (χ1) is 12.4. The van der Waals surface area contributed by atoms with Crippen molar-refractivity contribution >= 4 is 11.0 Å². The summed E-state index contributed by atoms with van der Waals surface area (Å²) in [6, 6.07) is 13.2. The van der Waals surface area contributed by atoms with Gasteiger partial charge in [0.05, 0.1) is 11.3 Å². The summed E-state index contributed by atoms with van der Waals surface area (Å²) < 4.78 is 40.3. The molecule has 3 aromatic heterocycles. The Morgan fingerprint density at radius 3 is 2.50 bits per heavy atom. The Morgan fingerprint density at radius 2 is 1.85 bits per heavy atom. The van der Waals surface area contributed by atoms with E-state index in [1.807, 2.05) is 0 Å². The van der Waals surface area contributed by atoms with E-state index in [4.69, 9.17) is 0 Å². The number of nitrogens with zero attached hydrogens (tertiary/aromatic N) is 4. The Labute approximate surface area is 144 Å². The maximum atomic E-state index is 13.1. The van der Waals surface area contributed by atoms with E-state index in [2.05, 4.69) is 26.2 Å². The van der Waals surface area contributed by atoms with Gasteiger partial charge in [-0.2, -0.15) is 13.2 Å². The van der Waals surface area contributed by atoms with Gasteiger partial charge in [-0.25, -0.2) is 4.98 Å². The zero-order valence-electron chi connectivity index (χ0n) is 12.9. The number of H-pyrrole nitrogens is 1. The minimum Gasteiger partial charge on any atom is -0.327 e. The molecule has 0 atom stereocenters. The van der Waals surface area contributed by atoms with Crippen LogP contribution in [0.2, 0.25) is 0 Å². The van der Waals surface area contributed by atoms with Crippen molar-refractivity contribution in [1.82, 2.24) is 24.7 Å². The number of aromatic amines is 1. The summed E-state index contributed by atoms with van der Waals surface area (Å²) in [5.41, 5.74) is -1.40. The van der Waals surface area contributed by atoms with Gasteiger partial charge in [0, 0.05) is 11.5 Å². The second kappa shape index (κ2) is 5.80. The van der Waals surface area contributed by atoms with E-state index in [0.717, 1.165) is 10.6 Å². The summed E-state index contributed by atoms with van der Waals surface area (Å²) in [5.74, 6) is 0.168. The molecule has 0 aliphatic heterocycles. The van der Waals surface area contributed by atoms with E-state index in [1.54, 1.807) is 30.3 Å². The second-order valence-corrected chi connectivity index (χ2v) is 5.38. The van der Waals surface area contributed by atoms with Gasteiger partial charge in [0.15, 0.2) is 5.82 Å². The predicted molar refractivity (Wildman–Crippen MR) is 86.6 cm³/mol. The number of halogens is 3. The number of nitrogens with one attached hydrogen (secondary N) is 1. The third-order valence-corrected chi connectivity index (χ3v) is 3.72. The summed E-state index contributed by atoms with van der Waals surface area (Å²) in [6.07, 6.45) is -3.33. The van der Waals surface area contributed by atoms with Crippen LogP contribution in [0.3, 0.4) is 0 Å². The van der Waals surface area contributed by atoms with Crippen molar-refractivity contribution in [2.45, 2.75) is 6.18 Å². The van der Waals surface area contributed by atoms with Crippen molar-refractivity contribution in [3.8, 4) is 17.1 Å². The Balaban J connectivity index is 2.11. The molecular formula is C17H9F3N5O. The average molecular weight is 356 g/mol. The first-order valence-corrected chi connectivity index (χ1v) is 7.43. The van der Waals surface area contributed by atoms with Crippen LogP contribution < -0.4 is 5.56 Å². The summed E-state index contributed by atoms with van der Waals surface area (Å²) in [6.45, 7) is 0. The molecule has 4 aromatic rings. The highest BCUT2D eigenvalue weighted by Crippen LogP contribution is 2.29. The van der Waals surface area contributed by atoms with Gasteiger partial charge in [-0.1, -0.05) is 18.2 Å². The van der Waals surface area contributed by atoms with Crippen LogP contribution >= 0.6 is 0 Å². The molecule has 26 heavy (non-hydrogen) atoms. The van der Waals surface area contributed by atoms with E-state index >= 15 is 0 Å². The van der Waals surface area contributed by atoms with Crippen molar-refractivity contribution in [3.63, 3.8) is 0 Å². The normalized spacial score (nSPS) is 11.8. The number of para-hydroxylation sites is 1. The molecule has 0 aliphatic rings. The lowest BCUT2D eigenvalue weighted by Gasteiger charge is -2.13. The zero-order chi connectivity index (χ0) is 18.3. The summed E-state index contributed by atoms with van der Waals surface area (Å²) in [5, 5.41) is 7.67. The first-order valence-electron chi connectivity index (χ1n) is 7.43. The van der Waals surface area contributed by atoms with Gasteiger partial charge in [0.2, 0.25) is 0 Å². The van der Waals surface area contributed by atoms with Crippen molar-refractivity contribution in [1.29, 1.82) is 0 Å². The topological polar surface area (TPSA) is 76.5 Å². The standard InChI is InChI=1S/C17H9F3N5O/c18-17(19,20)13-7-6-10-8-12(14-21-9-22-24-14)16(26)25(15(10)23-13)11-4-2-1-3-5-11/h1-7,9H,(H,21,22,24). The number of pyridine rings is 2. The Morgan fingerprint density at radius 1 is 1.08 bits per heavy atom. The molecule has 4 rings (SSSR count). The van der Waals surface area contributed by atoms with Gasteiger partial charge in [0.25, 0.3) is 5.56 Å². The molecule has 0 spiro atoms. The number of hydrogen-bond donors (Lipinski definition) is 1. The lowest BCUT2D eigenvalue weighted by molar-refractivity contribution is -0.141. The van der Waals surface area contributed by atoms with E-state index in [9.17, 15) is 18.0 Å². The van der Waals surface area contributed by atoms with E-state index < -0.39 is 17.4 Å². The number of fused-ring (bicyclic) bond motifs is 1. The van der Waals surface area contributed by atoms with E-state index in [-0.39, 0.29) is 22.4 Å². The van der Waals surface area contributed by atoms with Crippen molar-refractivity contribution in [2.24, 2.45) is 0 Å². The quantitative estimate of drug-likeness (QED) is 0.599. The lowest BCUT2D eigenvalue weighted by atomic mass is 10.1. The molecule has 0 saturated carbocycles. The SMILES string of the molecule is O=c1c(-c2nnc[nH]2)[c]c2ccc(C(F)(F)F)nc2n1-c1ccccc1. The Bertz CT molecular complexity index is 1130. The number of hydrogen-bond acceptors (Lipinski definition) is 4. The minimum atomic E-state index is -4.63. The third kappa shape index (κ3) is 2.63. The maximum Gasteiger partial charge on any atom is 0.433 e. The fourth-order valence-electron chi connectivity index (χ4n) is 2.58. The van der Waals surface area contributed by atoms with Gasteiger partial charge in [-0.05, 0) is 24.3 Å². The Hall–Kier alpha value is -3.49. The molecule has 9 heteroatoms. The van der Waals surface area contributed by atoms with Gasteiger partial charge < -0.3 is 4.98 Å². The van der Waals surface area contributed by atoms with Crippen LogP contribution in [-0.2, 0) is 6.18 Å². The first kappa shape index (κ1) is 16.0. The van der Waals surface area contributed by atoms with Gasteiger partial charge in [-0.3, -0.25) is 9.36 Å². The fraction of sp³-hybridized carbons (Fsp3) is 0.0588. The Kier molecular flexibility index (Phi) is 3.57. The molecule has 0 saturated heterocycles. The van der Waals surface area contributed by atoms with Crippen LogP contribution in [0.1, 0.15) is 5.69 Å². The van der Waals surface area contributed by atoms with Gasteiger partial charge in [-0.15, -0.1) is 10.2 Å². The molecule has 0 fully saturated rings. The summed E-state index contributed by atoms with van der Waals surface area (Å²) >= 11 is 0. The van der Waals surface area contributed by atoms with Crippen LogP contribution in [-0.4, -0.2) is 24.7 Å². The number of aromatic nitrogens is 5. The van der Waals surface area contributed by atoms with Crippen LogP contribution in [0.15, 0.2) is 53.6 Å². The lowest BCUT2D eigenvalue weighted by Crippen LogP contribution is -2.23. The highest BCUT2D eigenvalue weighted by atomic mass is 19.4. The highest BCUT2D eigenvalue weighted by Gasteiger charge is 2.33. The van der Waals surface area contributed by atoms with Crippen LogP contribution in [0.5, 0.6) is 0 Å². The molecule has 6 nitrogen and oxygen atoms in total. The van der Waals surface area contributed by atoms with Crippen molar-refractivity contribution in [2.75, 3.05) is 0 Å². The smallest absolute Gasteiger partial charge is 0.327 e. The third-order valence-electron chi connectivity index (χ3n) is 3.72. The minimum absolute atomic E-state index is 0.0559. The van der Waals surface area contributed by atoms with Crippen LogP contribution in [0.4, 0.5) is 13.2 Å². The maximum absolute atomic E-state index is 13.1. The molecule has 0 amide bonds. The highest BCUT2D eigenvalue weighted by molar-refractivity contribution is 5.81.